The Bertz CT molecular complexity index is 149. The molecule has 0 bridgehead atoms. The third-order valence-electron chi connectivity index (χ3n) is 2.62. The molecule has 0 aromatic rings. The molecule has 3 N–H and O–H groups in total. The van der Waals surface area contributed by atoms with Crippen molar-refractivity contribution < 1.29 is 4.43 Å². The Balaban J connectivity index is 2.23. The number of nitrogens with two attached hydrogens (primary N) is 1. The standard InChI is InChI=1S/C10H23N2OSi/c1-3-10(12-9(2)11)8-14-7-5-4-6-13-14/h9-10,12H,3-8,11H2,1-2H3. The zero-order valence-electron chi connectivity index (χ0n) is 9.38. The molecule has 2 unspecified atom stereocenters. The van der Waals surface area contributed by atoms with Gasteiger partial charge in [-0.25, -0.2) is 0 Å². The van der Waals surface area contributed by atoms with E-state index in [4.69, 9.17) is 10.2 Å². The Hall–Kier alpha value is 0.0969. The summed E-state index contributed by atoms with van der Waals surface area (Å²) < 4.78 is 5.81. The molecule has 1 aliphatic rings. The Labute approximate surface area is 89.1 Å². The summed E-state index contributed by atoms with van der Waals surface area (Å²) in [7, 11) is -0.522. The summed E-state index contributed by atoms with van der Waals surface area (Å²) in [5.41, 5.74) is 5.73. The summed E-state index contributed by atoms with van der Waals surface area (Å²) in [6, 6.07) is 3.09. The van der Waals surface area contributed by atoms with Crippen molar-refractivity contribution in [1.29, 1.82) is 0 Å². The van der Waals surface area contributed by atoms with Gasteiger partial charge in [-0.2, -0.15) is 0 Å². The molecule has 14 heavy (non-hydrogen) atoms. The zero-order chi connectivity index (χ0) is 10.4. The van der Waals surface area contributed by atoms with E-state index in [1.54, 1.807) is 0 Å². The van der Waals surface area contributed by atoms with E-state index in [2.05, 4.69) is 12.2 Å². The normalized spacial score (nSPS) is 23.4. The van der Waals surface area contributed by atoms with Gasteiger partial charge in [0.1, 0.15) is 0 Å². The van der Waals surface area contributed by atoms with Crippen molar-refractivity contribution in [1.82, 2.24) is 5.32 Å². The van der Waals surface area contributed by atoms with Gasteiger partial charge in [0.15, 0.2) is 0 Å². The Morgan fingerprint density at radius 2 is 2.29 bits per heavy atom. The lowest BCUT2D eigenvalue weighted by Gasteiger charge is -2.26. The van der Waals surface area contributed by atoms with Gasteiger partial charge in [0.2, 0.25) is 9.04 Å². The Kier molecular flexibility index (Phi) is 5.70. The van der Waals surface area contributed by atoms with Gasteiger partial charge in [0.05, 0.1) is 6.17 Å². The number of hydrogen-bond acceptors (Lipinski definition) is 3. The number of nitrogens with one attached hydrogen (secondary N) is 1. The minimum Gasteiger partial charge on any atom is -0.417 e. The van der Waals surface area contributed by atoms with Crippen molar-refractivity contribution in [3.63, 3.8) is 0 Å². The maximum Gasteiger partial charge on any atom is 0.212 e. The predicted octanol–water partition coefficient (Wildman–Crippen LogP) is 1.46. The second kappa shape index (κ2) is 6.56. The van der Waals surface area contributed by atoms with Crippen molar-refractivity contribution >= 4 is 9.04 Å². The third-order valence-corrected chi connectivity index (χ3v) is 5.09. The molecule has 1 heterocycles. The fourth-order valence-corrected chi connectivity index (χ4v) is 4.34. The van der Waals surface area contributed by atoms with Gasteiger partial charge in [-0.05, 0) is 31.9 Å². The summed E-state index contributed by atoms with van der Waals surface area (Å²) in [6.07, 6.45) is 3.87. The molecule has 4 heteroatoms. The highest BCUT2D eigenvalue weighted by Gasteiger charge is 2.21. The molecular weight excluding hydrogens is 192 g/mol. The number of rotatable bonds is 5. The molecule has 0 saturated carbocycles. The number of hydrogen-bond donors (Lipinski definition) is 2. The second-order valence-electron chi connectivity index (χ2n) is 4.11. The van der Waals surface area contributed by atoms with Gasteiger partial charge in [-0.3, -0.25) is 5.32 Å². The molecule has 3 nitrogen and oxygen atoms in total. The molecule has 0 aromatic carbocycles. The van der Waals surface area contributed by atoms with Crippen LogP contribution in [0.4, 0.5) is 0 Å². The van der Waals surface area contributed by atoms with Crippen molar-refractivity contribution in [2.24, 2.45) is 5.73 Å². The van der Waals surface area contributed by atoms with Gasteiger partial charge >= 0.3 is 0 Å². The Morgan fingerprint density at radius 1 is 1.50 bits per heavy atom. The van der Waals surface area contributed by atoms with Crippen LogP contribution in [0.15, 0.2) is 0 Å². The first-order valence-corrected chi connectivity index (χ1v) is 7.53. The summed E-state index contributed by atoms with van der Waals surface area (Å²) in [5.74, 6) is 0. The summed E-state index contributed by atoms with van der Waals surface area (Å²) in [6.45, 7) is 5.20. The highest BCUT2D eigenvalue weighted by atomic mass is 28.3. The monoisotopic (exact) mass is 215 g/mol. The topological polar surface area (TPSA) is 47.3 Å². The molecular formula is C10H23N2OSi. The van der Waals surface area contributed by atoms with Crippen LogP contribution in [0.1, 0.15) is 33.1 Å². The zero-order valence-corrected chi connectivity index (χ0v) is 10.4. The lowest BCUT2D eigenvalue weighted by molar-refractivity contribution is 0.281. The quantitative estimate of drug-likeness (QED) is 0.539. The van der Waals surface area contributed by atoms with Crippen LogP contribution in [-0.4, -0.2) is 27.9 Å². The second-order valence-corrected chi connectivity index (χ2v) is 6.38. The molecule has 1 radical (unpaired) electrons. The van der Waals surface area contributed by atoms with E-state index in [-0.39, 0.29) is 6.17 Å². The molecule has 1 saturated heterocycles. The van der Waals surface area contributed by atoms with Crippen molar-refractivity contribution in [3.8, 4) is 0 Å². The third kappa shape index (κ3) is 4.55. The van der Waals surface area contributed by atoms with Gasteiger partial charge in [-0.15, -0.1) is 0 Å². The van der Waals surface area contributed by atoms with Gasteiger partial charge < -0.3 is 10.2 Å². The lowest BCUT2D eigenvalue weighted by atomic mass is 10.2. The van der Waals surface area contributed by atoms with Crippen molar-refractivity contribution in [2.75, 3.05) is 6.61 Å². The predicted molar refractivity (Wildman–Crippen MR) is 61.4 cm³/mol. The minimum absolute atomic E-state index is 0.103. The van der Waals surface area contributed by atoms with Gasteiger partial charge in [0, 0.05) is 12.6 Å². The first kappa shape index (κ1) is 12.2. The molecule has 83 valence electrons. The molecule has 0 amide bonds. The van der Waals surface area contributed by atoms with Crippen LogP contribution in [-0.2, 0) is 4.43 Å². The molecule has 1 aliphatic heterocycles. The average Bonchev–Trinajstić information content (AvgIpc) is 2.17. The molecule has 0 spiro atoms. The van der Waals surface area contributed by atoms with Crippen LogP contribution < -0.4 is 11.1 Å². The van der Waals surface area contributed by atoms with E-state index in [1.165, 1.54) is 24.9 Å². The van der Waals surface area contributed by atoms with E-state index in [0.29, 0.717) is 6.04 Å². The van der Waals surface area contributed by atoms with Crippen molar-refractivity contribution in [2.45, 2.75) is 57.4 Å². The Morgan fingerprint density at radius 3 is 2.79 bits per heavy atom. The van der Waals surface area contributed by atoms with Crippen LogP contribution >= 0.6 is 0 Å². The largest absolute Gasteiger partial charge is 0.417 e. The maximum atomic E-state index is 5.81. The van der Waals surface area contributed by atoms with Crippen LogP contribution in [0.3, 0.4) is 0 Å². The summed E-state index contributed by atoms with van der Waals surface area (Å²) in [4.78, 5) is 0. The first-order chi connectivity index (χ1) is 6.72. The molecule has 1 rings (SSSR count). The summed E-state index contributed by atoms with van der Waals surface area (Å²) in [5, 5.41) is 3.40. The molecule has 0 aliphatic carbocycles. The van der Waals surface area contributed by atoms with E-state index in [1.807, 2.05) is 6.92 Å². The van der Waals surface area contributed by atoms with Gasteiger partial charge in [-0.1, -0.05) is 13.3 Å². The highest BCUT2D eigenvalue weighted by molar-refractivity contribution is 6.52. The highest BCUT2D eigenvalue weighted by Crippen LogP contribution is 2.16. The molecule has 0 aromatic heterocycles. The fraction of sp³-hybridized carbons (Fsp3) is 1.00. The maximum absolute atomic E-state index is 5.81. The fourth-order valence-electron chi connectivity index (χ4n) is 1.84. The summed E-state index contributed by atoms with van der Waals surface area (Å²) >= 11 is 0. The molecule has 2 atom stereocenters. The van der Waals surface area contributed by atoms with Crippen LogP contribution in [0.5, 0.6) is 0 Å². The smallest absolute Gasteiger partial charge is 0.212 e. The van der Waals surface area contributed by atoms with Crippen molar-refractivity contribution in [3.05, 3.63) is 0 Å². The van der Waals surface area contributed by atoms with E-state index in [9.17, 15) is 0 Å². The molecule has 1 fully saturated rings. The SMILES string of the molecule is CCC(C[Si]1CCCCO1)NC(C)N. The minimum atomic E-state index is -0.522. The van der Waals surface area contributed by atoms with E-state index in [0.717, 1.165) is 13.0 Å². The van der Waals surface area contributed by atoms with E-state index < -0.39 is 9.04 Å². The van der Waals surface area contributed by atoms with Gasteiger partial charge in [0.25, 0.3) is 0 Å². The first-order valence-electron chi connectivity index (χ1n) is 5.71. The van der Waals surface area contributed by atoms with Crippen LogP contribution in [0.2, 0.25) is 12.1 Å². The average molecular weight is 215 g/mol. The van der Waals surface area contributed by atoms with Crippen LogP contribution in [0, 0.1) is 0 Å². The van der Waals surface area contributed by atoms with E-state index >= 15 is 0 Å². The lowest BCUT2D eigenvalue weighted by Crippen LogP contribution is -2.44. The van der Waals surface area contributed by atoms with Crippen LogP contribution in [0.25, 0.3) is 0 Å².